The second-order valence-corrected chi connectivity index (χ2v) is 6.96. The number of aryl methyl sites for hydroxylation is 1. The van der Waals surface area contributed by atoms with Crippen molar-refractivity contribution in [1.29, 1.82) is 0 Å². The first kappa shape index (κ1) is 16.5. The van der Waals surface area contributed by atoms with Crippen LogP contribution in [0.5, 0.6) is 0 Å². The van der Waals surface area contributed by atoms with Crippen molar-refractivity contribution >= 4 is 0 Å². The van der Waals surface area contributed by atoms with Crippen LogP contribution in [0.2, 0.25) is 0 Å². The summed E-state index contributed by atoms with van der Waals surface area (Å²) in [6.07, 6.45) is 5.25. The molecular formula is C19H32N2. The molecule has 1 aliphatic heterocycles. The lowest BCUT2D eigenvalue weighted by molar-refractivity contribution is 0.0587. The van der Waals surface area contributed by atoms with Crippen molar-refractivity contribution in [2.45, 2.75) is 65.5 Å². The third-order valence-corrected chi connectivity index (χ3v) is 5.63. The van der Waals surface area contributed by atoms with Gasteiger partial charge in [-0.05, 0) is 50.8 Å². The van der Waals surface area contributed by atoms with Gasteiger partial charge in [-0.3, -0.25) is 4.90 Å². The van der Waals surface area contributed by atoms with Crippen LogP contribution in [-0.4, -0.2) is 24.0 Å². The summed E-state index contributed by atoms with van der Waals surface area (Å²) in [7, 11) is 0. The molecule has 0 saturated carbocycles. The van der Waals surface area contributed by atoms with E-state index in [2.05, 4.69) is 56.9 Å². The molecule has 2 rings (SSSR count). The summed E-state index contributed by atoms with van der Waals surface area (Å²) in [6, 6.07) is 9.39. The Balaban J connectivity index is 2.14. The van der Waals surface area contributed by atoms with Crippen molar-refractivity contribution in [3.8, 4) is 0 Å². The highest BCUT2D eigenvalue weighted by molar-refractivity contribution is 5.26. The summed E-state index contributed by atoms with van der Waals surface area (Å²) in [6.45, 7) is 11.4. The van der Waals surface area contributed by atoms with E-state index in [1.807, 2.05) is 0 Å². The highest BCUT2D eigenvalue weighted by atomic mass is 15.2. The Labute approximate surface area is 130 Å². The SMILES string of the molecule is CCC1(CC)CCN(C(c2cccc(C)c2)C(C)N)CC1. The van der Waals surface area contributed by atoms with Crippen LogP contribution in [0.15, 0.2) is 24.3 Å². The standard InChI is InChI=1S/C19H32N2/c1-5-19(6-2)10-12-21(13-11-19)18(16(4)20)17-9-7-8-15(3)14-17/h7-9,14,16,18H,5-6,10-13,20H2,1-4H3. The smallest absolute Gasteiger partial charge is 0.0496 e. The molecule has 21 heavy (non-hydrogen) atoms. The van der Waals surface area contributed by atoms with Gasteiger partial charge in [0.25, 0.3) is 0 Å². The molecule has 0 radical (unpaired) electrons. The summed E-state index contributed by atoms with van der Waals surface area (Å²) in [5.74, 6) is 0. The predicted octanol–water partition coefficient (Wildman–Crippen LogP) is 4.29. The van der Waals surface area contributed by atoms with E-state index in [1.165, 1.54) is 49.9 Å². The molecule has 1 fully saturated rings. The number of rotatable bonds is 5. The summed E-state index contributed by atoms with van der Waals surface area (Å²) in [4.78, 5) is 2.61. The van der Waals surface area contributed by atoms with Crippen molar-refractivity contribution in [2.24, 2.45) is 11.1 Å². The molecule has 2 nitrogen and oxygen atoms in total. The topological polar surface area (TPSA) is 29.3 Å². The predicted molar refractivity (Wildman–Crippen MR) is 91.4 cm³/mol. The number of hydrogen-bond acceptors (Lipinski definition) is 2. The van der Waals surface area contributed by atoms with E-state index in [0.717, 1.165) is 0 Å². The van der Waals surface area contributed by atoms with E-state index in [9.17, 15) is 0 Å². The first-order valence-electron chi connectivity index (χ1n) is 8.57. The molecule has 0 spiro atoms. The highest BCUT2D eigenvalue weighted by Gasteiger charge is 2.35. The summed E-state index contributed by atoms with van der Waals surface area (Å²) >= 11 is 0. The average molecular weight is 288 g/mol. The molecular weight excluding hydrogens is 256 g/mol. The van der Waals surface area contributed by atoms with E-state index < -0.39 is 0 Å². The second kappa shape index (κ2) is 6.93. The highest BCUT2D eigenvalue weighted by Crippen LogP contribution is 2.40. The van der Waals surface area contributed by atoms with Gasteiger partial charge in [0.05, 0.1) is 0 Å². The van der Waals surface area contributed by atoms with Crippen LogP contribution in [0.1, 0.15) is 63.6 Å². The number of likely N-dealkylation sites (tertiary alicyclic amines) is 1. The van der Waals surface area contributed by atoms with Gasteiger partial charge in [-0.1, -0.05) is 56.5 Å². The fourth-order valence-corrected chi connectivity index (χ4v) is 3.93. The molecule has 0 bridgehead atoms. The van der Waals surface area contributed by atoms with Crippen LogP contribution in [0.25, 0.3) is 0 Å². The van der Waals surface area contributed by atoms with E-state index >= 15 is 0 Å². The summed E-state index contributed by atoms with van der Waals surface area (Å²) in [5.41, 5.74) is 9.62. The molecule has 2 unspecified atom stereocenters. The Morgan fingerprint density at radius 1 is 1.19 bits per heavy atom. The van der Waals surface area contributed by atoms with Crippen LogP contribution in [0, 0.1) is 12.3 Å². The maximum Gasteiger partial charge on any atom is 0.0496 e. The molecule has 2 heteroatoms. The average Bonchev–Trinajstić information content (AvgIpc) is 2.48. The number of hydrogen-bond donors (Lipinski definition) is 1. The lowest BCUT2D eigenvalue weighted by atomic mass is 9.73. The van der Waals surface area contributed by atoms with Gasteiger partial charge >= 0.3 is 0 Å². The third kappa shape index (κ3) is 3.67. The van der Waals surface area contributed by atoms with Gasteiger partial charge in [0.1, 0.15) is 0 Å². The molecule has 1 saturated heterocycles. The van der Waals surface area contributed by atoms with Gasteiger partial charge < -0.3 is 5.73 Å². The second-order valence-electron chi connectivity index (χ2n) is 6.96. The van der Waals surface area contributed by atoms with Crippen LogP contribution in [0.4, 0.5) is 0 Å². The van der Waals surface area contributed by atoms with Crippen molar-refractivity contribution in [3.63, 3.8) is 0 Å². The van der Waals surface area contributed by atoms with Crippen LogP contribution < -0.4 is 5.73 Å². The molecule has 118 valence electrons. The number of nitrogens with zero attached hydrogens (tertiary/aromatic N) is 1. The van der Waals surface area contributed by atoms with Crippen molar-refractivity contribution < 1.29 is 0 Å². The minimum atomic E-state index is 0.169. The zero-order valence-electron chi connectivity index (χ0n) is 14.2. The maximum atomic E-state index is 6.34. The quantitative estimate of drug-likeness (QED) is 0.876. The number of benzene rings is 1. The molecule has 2 atom stereocenters. The lowest BCUT2D eigenvalue weighted by Crippen LogP contribution is -2.46. The summed E-state index contributed by atoms with van der Waals surface area (Å²) in [5, 5.41) is 0. The van der Waals surface area contributed by atoms with Gasteiger partial charge in [-0.25, -0.2) is 0 Å². The van der Waals surface area contributed by atoms with Crippen LogP contribution >= 0.6 is 0 Å². The fourth-order valence-electron chi connectivity index (χ4n) is 3.93. The van der Waals surface area contributed by atoms with Crippen molar-refractivity contribution in [1.82, 2.24) is 4.90 Å². The lowest BCUT2D eigenvalue weighted by Gasteiger charge is -2.45. The minimum Gasteiger partial charge on any atom is -0.326 e. The van der Waals surface area contributed by atoms with Crippen molar-refractivity contribution in [3.05, 3.63) is 35.4 Å². The maximum absolute atomic E-state index is 6.34. The monoisotopic (exact) mass is 288 g/mol. The fraction of sp³-hybridized carbons (Fsp3) is 0.684. The van der Waals surface area contributed by atoms with E-state index in [1.54, 1.807) is 0 Å². The van der Waals surface area contributed by atoms with Gasteiger partial charge in [-0.15, -0.1) is 0 Å². The molecule has 0 aromatic heterocycles. The van der Waals surface area contributed by atoms with Gasteiger partial charge in [0.2, 0.25) is 0 Å². The first-order valence-corrected chi connectivity index (χ1v) is 8.57. The Kier molecular flexibility index (Phi) is 5.45. The van der Waals surface area contributed by atoms with E-state index in [4.69, 9.17) is 5.73 Å². The Morgan fingerprint density at radius 3 is 2.29 bits per heavy atom. The molecule has 0 aliphatic carbocycles. The molecule has 1 heterocycles. The Hall–Kier alpha value is -0.860. The molecule has 0 amide bonds. The van der Waals surface area contributed by atoms with E-state index in [0.29, 0.717) is 11.5 Å². The van der Waals surface area contributed by atoms with Gasteiger partial charge in [0.15, 0.2) is 0 Å². The van der Waals surface area contributed by atoms with Crippen LogP contribution in [0.3, 0.4) is 0 Å². The third-order valence-electron chi connectivity index (χ3n) is 5.63. The Morgan fingerprint density at radius 2 is 1.81 bits per heavy atom. The number of nitrogens with two attached hydrogens (primary N) is 1. The van der Waals surface area contributed by atoms with Gasteiger partial charge in [0, 0.05) is 12.1 Å². The normalized spacial score (nSPS) is 22.0. The van der Waals surface area contributed by atoms with Crippen LogP contribution in [-0.2, 0) is 0 Å². The number of piperidine rings is 1. The Bertz CT molecular complexity index is 439. The van der Waals surface area contributed by atoms with Crippen molar-refractivity contribution in [2.75, 3.05) is 13.1 Å². The largest absolute Gasteiger partial charge is 0.326 e. The zero-order valence-corrected chi connectivity index (χ0v) is 14.2. The molecule has 1 aliphatic rings. The summed E-state index contributed by atoms with van der Waals surface area (Å²) < 4.78 is 0. The van der Waals surface area contributed by atoms with E-state index in [-0.39, 0.29) is 6.04 Å². The first-order chi connectivity index (χ1) is 10.0. The molecule has 1 aromatic rings. The minimum absolute atomic E-state index is 0.169. The zero-order chi connectivity index (χ0) is 15.5. The molecule has 1 aromatic carbocycles. The molecule has 2 N–H and O–H groups in total. The van der Waals surface area contributed by atoms with Gasteiger partial charge in [-0.2, -0.15) is 0 Å².